The largest absolute Gasteiger partial charge is 2.00 e. The summed E-state index contributed by atoms with van der Waals surface area (Å²) in [5.74, 6) is -0.676. The maximum absolute atomic E-state index is 10.5. The molecule has 4 amide bonds. The Balaban J connectivity index is 0. The topological polar surface area (TPSA) is 121 Å². The van der Waals surface area contributed by atoms with E-state index >= 15 is 0 Å². The fraction of sp³-hybridized carbons (Fsp3) is 0.600. The van der Waals surface area contributed by atoms with Gasteiger partial charge in [0.15, 0.2) is 0 Å². The molecule has 0 aromatic heterocycles. The van der Waals surface area contributed by atoms with Crippen molar-refractivity contribution in [2.75, 3.05) is 13.1 Å². The van der Waals surface area contributed by atoms with E-state index in [9.17, 15) is 29.4 Å². The van der Waals surface area contributed by atoms with Gasteiger partial charge in [-0.3, -0.25) is 19.4 Å². The molecule has 0 aliphatic carbocycles. The van der Waals surface area contributed by atoms with Crippen LogP contribution in [0, 0.1) is 0 Å². The van der Waals surface area contributed by atoms with Crippen LogP contribution in [0.4, 0.5) is 9.59 Å². The molecule has 0 spiro atoms. The van der Waals surface area contributed by atoms with Gasteiger partial charge in [-0.1, -0.05) is 0 Å². The molecule has 2 heterocycles. The van der Waals surface area contributed by atoms with Crippen LogP contribution in [-0.4, -0.2) is 122 Å². The summed E-state index contributed by atoms with van der Waals surface area (Å²) in [6, 6.07) is 0. The molecule has 0 aromatic carbocycles. The maximum atomic E-state index is 10.5. The van der Waals surface area contributed by atoms with Crippen molar-refractivity contribution in [3.05, 3.63) is 0 Å². The summed E-state index contributed by atoms with van der Waals surface area (Å²) in [7, 11) is 0. The Labute approximate surface area is 175 Å². The maximum Gasteiger partial charge on any atom is 2.00 e. The zero-order valence-corrected chi connectivity index (χ0v) is 15.4. The van der Waals surface area contributed by atoms with Gasteiger partial charge in [0.05, 0.1) is 0 Å². The van der Waals surface area contributed by atoms with Crippen LogP contribution in [0.25, 0.3) is 0 Å². The van der Waals surface area contributed by atoms with Gasteiger partial charge in [0.2, 0.25) is 11.8 Å². The van der Waals surface area contributed by atoms with Gasteiger partial charge in [0.25, 0.3) is 0 Å². The predicted octanol–water partition coefficient (Wildman–Crippen LogP) is -2.86. The number of carbonyl (C=O) groups excluding carboxylic acids is 4. The molecule has 0 atom stereocenters. The van der Waals surface area contributed by atoms with Crippen molar-refractivity contribution in [1.82, 2.24) is 9.80 Å². The van der Waals surface area contributed by atoms with E-state index in [0.717, 1.165) is 9.80 Å². The molecule has 8 nitrogen and oxygen atoms in total. The number of amides is 4. The summed E-state index contributed by atoms with van der Waals surface area (Å²) >= 11 is 0. The summed E-state index contributed by atoms with van der Waals surface area (Å²) in [6.07, 6.45) is -0.809. The average molecular weight is 336 g/mol. The summed E-state index contributed by atoms with van der Waals surface area (Å²) in [6.45, 7) is 0.613. The summed E-state index contributed by atoms with van der Waals surface area (Å²) in [4.78, 5) is 42.5. The summed E-state index contributed by atoms with van der Waals surface area (Å²) in [5, 5.41) is 20.0. The number of carboxylic acid groups (broad SMARTS) is 2. The number of hydrogen-bond acceptors (Lipinski definition) is 6. The fourth-order valence-corrected chi connectivity index (χ4v) is 1.68. The third-order valence-electron chi connectivity index (χ3n) is 2.59. The third kappa shape index (κ3) is 6.91. The first kappa shape index (κ1) is 22.7. The third-order valence-corrected chi connectivity index (χ3v) is 2.59. The fourth-order valence-electron chi connectivity index (χ4n) is 1.68. The van der Waals surface area contributed by atoms with Crippen LogP contribution in [0.3, 0.4) is 0 Å². The van der Waals surface area contributed by atoms with E-state index in [1.807, 2.05) is 0 Å². The van der Waals surface area contributed by atoms with Crippen LogP contribution >= 0.6 is 0 Å². The number of imide groups is 2. The van der Waals surface area contributed by atoms with Gasteiger partial charge < -0.3 is 19.8 Å². The van der Waals surface area contributed by atoms with Crippen molar-refractivity contribution in [3.8, 4) is 0 Å². The van der Waals surface area contributed by atoms with E-state index in [4.69, 9.17) is 0 Å². The molecule has 20 heavy (non-hydrogen) atoms. The molecule has 2 fully saturated rings. The van der Waals surface area contributed by atoms with Crippen LogP contribution in [-0.2, 0) is 9.59 Å². The van der Waals surface area contributed by atoms with Crippen LogP contribution in [0.2, 0.25) is 0 Å². The van der Waals surface area contributed by atoms with Crippen molar-refractivity contribution in [2.45, 2.75) is 25.7 Å². The minimum Gasteiger partial charge on any atom is -0.530 e. The van der Waals surface area contributed by atoms with E-state index < -0.39 is 12.2 Å². The second kappa shape index (κ2) is 11.0. The van der Waals surface area contributed by atoms with Gasteiger partial charge in [-0.05, 0) is 12.8 Å². The van der Waals surface area contributed by atoms with E-state index in [1.165, 1.54) is 0 Å². The quantitative estimate of drug-likeness (QED) is 0.439. The Hall–Kier alpha value is 0.399. The number of likely N-dealkylation sites (tertiary alicyclic amines) is 2. The first-order valence-electron chi connectivity index (χ1n) is 5.46. The summed E-state index contributed by atoms with van der Waals surface area (Å²) in [5.41, 5.74) is 0. The predicted molar refractivity (Wildman–Crippen MR) is 64.2 cm³/mol. The van der Waals surface area contributed by atoms with Gasteiger partial charge >= 0.3 is 75.5 Å². The first-order chi connectivity index (χ1) is 8.43. The van der Waals surface area contributed by atoms with Crippen molar-refractivity contribution >= 4 is 99.5 Å². The molecule has 2 aliphatic heterocycles. The van der Waals surface area contributed by atoms with Crippen molar-refractivity contribution in [2.24, 2.45) is 0 Å². The van der Waals surface area contributed by atoms with Crippen molar-refractivity contribution in [3.63, 3.8) is 0 Å². The molecule has 0 radical (unpaired) electrons. The standard InChI is InChI=1S/2C5H7NO3.2Ca/c2*7-4-2-1-3-6(4)5(8)9;;/h2*1-3H2,(H,8,9);;/q;;2*+2/p-2. The SMILES string of the molecule is O=C([O-])N1CCCC1=O.O=C([O-])N1CCCC1=O.[Ca+2].[Ca+2]. The van der Waals surface area contributed by atoms with Gasteiger partial charge in [-0.2, -0.15) is 0 Å². The number of hydrogen-bond donors (Lipinski definition) is 0. The van der Waals surface area contributed by atoms with E-state index in [0.29, 0.717) is 38.8 Å². The molecular weight excluding hydrogens is 324 g/mol. The molecule has 0 saturated carbocycles. The van der Waals surface area contributed by atoms with Gasteiger partial charge in [0.1, 0.15) is 12.2 Å². The van der Waals surface area contributed by atoms with Crippen LogP contribution in [0.1, 0.15) is 25.7 Å². The Bertz CT molecular complexity index is 354. The molecule has 0 N–H and O–H groups in total. The molecule has 2 saturated heterocycles. The number of nitrogens with zero attached hydrogens (tertiary/aromatic N) is 2. The van der Waals surface area contributed by atoms with E-state index in [1.54, 1.807) is 0 Å². The van der Waals surface area contributed by atoms with Crippen LogP contribution in [0.5, 0.6) is 0 Å². The van der Waals surface area contributed by atoms with Gasteiger partial charge in [-0.15, -0.1) is 0 Å². The Kier molecular flexibility index (Phi) is 12.5. The van der Waals surface area contributed by atoms with Crippen LogP contribution in [0.15, 0.2) is 0 Å². The van der Waals surface area contributed by atoms with Gasteiger partial charge in [0, 0.05) is 25.9 Å². The van der Waals surface area contributed by atoms with Crippen molar-refractivity contribution in [1.29, 1.82) is 0 Å². The molecule has 10 heteroatoms. The van der Waals surface area contributed by atoms with Crippen molar-refractivity contribution < 1.29 is 29.4 Å². The Morgan fingerprint density at radius 3 is 1.20 bits per heavy atom. The van der Waals surface area contributed by atoms with E-state index in [2.05, 4.69) is 0 Å². The molecule has 0 aromatic rings. The molecule has 2 aliphatic rings. The summed E-state index contributed by atoms with van der Waals surface area (Å²) < 4.78 is 0. The van der Waals surface area contributed by atoms with Crippen LogP contribution < -0.4 is 10.2 Å². The zero-order valence-electron chi connectivity index (χ0n) is 11.0. The molecule has 0 unspecified atom stereocenters. The second-order valence-corrected chi connectivity index (χ2v) is 3.83. The molecule has 2 rings (SSSR count). The minimum absolute atomic E-state index is 0. The normalized spacial score (nSPS) is 16.8. The number of carbonyl (C=O) groups is 4. The molecular formula is C10H12Ca2N2O6+2. The first-order valence-corrected chi connectivity index (χ1v) is 5.46. The zero-order chi connectivity index (χ0) is 13.7. The number of rotatable bonds is 0. The average Bonchev–Trinajstić information content (AvgIpc) is 2.87. The Morgan fingerprint density at radius 1 is 0.800 bits per heavy atom. The molecule has 100 valence electrons. The molecule has 0 bridgehead atoms. The monoisotopic (exact) mass is 336 g/mol. The second-order valence-electron chi connectivity index (χ2n) is 3.83. The minimum atomic E-state index is -1.38. The van der Waals surface area contributed by atoms with E-state index in [-0.39, 0.29) is 87.3 Å². The van der Waals surface area contributed by atoms with Gasteiger partial charge in [-0.25, -0.2) is 0 Å². The Morgan fingerprint density at radius 2 is 1.10 bits per heavy atom. The smallest absolute Gasteiger partial charge is 0.530 e.